The van der Waals surface area contributed by atoms with E-state index >= 15 is 0 Å². The molecule has 2 rings (SSSR count). The number of nitrogens with one attached hydrogen (secondary N) is 2. The third-order valence-electron chi connectivity index (χ3n) is 3.64. The molecule has 0 saturated carbocycles. The second-order valence-corrected chi connectivity index (χ2v) is 5.79. The average molecular weight is 457 g/mol. The number of hydrogen-bond acceptors (Lipinski definition) is 3. The first kappa shape index (κ1) is 21.3. The molecule has 7 heteroatoms. The Balaban J connectivity index is 0.00000312. The van der Waals surface area contributed by atoms with Gasteiger partial charge in [-0.2, -0.15) is 5.10 Å². The van der Waals surface area contributed by atoms with Gasteiger partial charge in [0.25, 0.3) is 0 Å². The molecule has 0 aliphatic heterocycles. The lowest BCUT2D eigenvalue weighted by molar-refractivity contribution is 0.475. The first-order valence-electron chi connectivity index (χ1n) is 8.39. The van der Waals surface area contributed by atoms with E-state index in [0.29, 0.717) is 6.54 Å². The first-order valence-corrected chi connectivity index (χ1v) is 8.39. The molecule has 0 aliphatic rings. The number of aromatic hydroxyl groups is 1. The molecule has 1 aromatic heterocycles. The normalized spacial score (nSPS) is 11.1. The second kappa shape index (κ2) is 11.0. The van der Waals surface area contributed by atoms with Crippen LogP contribution in [0.25, 0.3) is 0 Å². The Bertz CT molecular complexity index is 667. The molecule has 0 amide bonds. The van der Waals surface area contributed by atoms with Gasteiger partial charge in [0.05, 0.1) is 12.2 Å². The van der Waals surface area contributed by atoms with Crippen molar-refractivity contribution in [2.45, 2.75) is 40.3 Å². The molecule has 0 spiro atoms. The molecule has 138 valence electrons. The number of phenolic OH excluding ortho intramolecular Hbond substituents is 1. The van der Waals surface area contributed by atoms with E-state index in [2.05, 4.69) is 33.7 Å². The van der Waals surface area contributed by atoms with Crippen LogP contribution in [0.3, 0.4) is 0 Å². The van der Waals surface area contributed by atoms with Crippen LogP contribution in [0.2, 0.25) is 0 Å². The standard InChI is InChI=1S/C18H27N5O.HI/c1-4-19-18(21-13-16-6-8-17(24)9-7-16)20-10-5-11-23-15(3)12-14(2)22-23;/h6-9,12,24H,4-5,10-11,13H2,1-3H3,(H2,19,20,21);1H. The van der Waals surface area contributed by atoms with Crippen molar-refractivity contribution in [2.24, 2.45) is 4.99 Å². The topological polar surface area (TPSA) is 74.5 Å². The van der Waals surface area contributed by atoms with Crippen LogP contribution in [-0.4, -0.2) is 33.9 Å². The van der Waals surface area contributed by atoms with Gasteiger partial charge in [-0.05, 0) is 51.0 Å². The third kappa shape index (κ3) is 7.33. The largest absolute Gasteiger partial charge is 0.508 e. The van der Waals surface area contributed by atoms with Crippen LogP contribution >= 0.6 is 24.0 Å². The molecular weight excluding hydrogens is 429 g/mol. The van der Waals surface area contributed by atoms with Gasteiger partial charge in [0, 0.05) is 25.3 Å². The molecule has 0 atom stereocenters. The van der Waals surface area contributed by atoms with E-state index in [1.165, 1.54) is 5.69 Å². The van der Waals surface area contributed by atoms with Crippen molar-refractivity contribution in [1.82, 2.24) is 20.4 Å². The van der Waals surface area contributed by atoms with Crippen LogP contribution in [0.5, 0.6) is 5.75 Å². The molecule has 6 nitrogen and oxygen atoms in total. The molecule has 2 aromatic rings. The highest BCUT2D eigenvalue weighted by Gasteiger charge is 2.01. The summed E-state index contributed by atoms with van der Waals surface area (Å²) in [5, 5.41) is 20.4. The van der Waals surface area contributed by atoms with Crippen molar-refractivity contribution in [3.05, 3.63) is 47.3 Å². The number of aryl methyl sites for hydroxylation is 3. The molecule has 1 heterocycles. The molecule has 25 heavy (non-hydrogen) atoms. The Morgan fingerprint density at radius 1 is 1.20 bits per heavy atom. The summed E-state index contributed by atoms with van der Waals surface area (Å²) in [6, 6.07) is 9.21. The molecule has 0 unspecified atom stereocenters. The fraction of sp³-hybridized carbons (Fsp3) is 0.444. The van der Waals surface area contributed by atoms with E-state index in [1.807, 2.05) is 30.7 Å². The summed E-state index contributed by atoms with van der Waals surface area (Å²) in [4.78, 5) is 4.57. The Morgan fingerprint density at radius 2 is 1.92 bits per heavy atom. The van der Waals surface area contributed by atoms with E-state index in [9.17, 15) is 5.11 Å². The van der Waals surface area contributed by atoms with E-state index < -0.39 is 0 Å². The van der Waals surface area contributed by atoms with E-state index in [0.717, 1.165) is 43.3 Å². The van der Waals surface area contributed by atoms with Crippen LogP contribution in [-0.2, 0) is 13.1 Å². The van der Waals surface area contributed by atoms with Crippen LogP contribution in [0.1, 0.15) is 30.3 Å². The highest BCUT2D eigenvalue weighted by molar-refractivity contribution is 14.0. The Morgan fingerprint density at radius 3 is 2.52 bits per heavy atom. The highest BCUT2D eigenvalue weighted by atomic mass is 127. The fourth-order valence-electron chi connectivity index (χ4n) is 2.45. The number of halogens is 1. The van der Waals surface area contributed by atoms with Gasteiger partial charge >= 0.3 is 0 Å². The Hall–Kier alpha value is -1.77. The van der Waals surface area contributed by atoms with Crippen molar-refractivity contribution >= 4 is 29.9 Å². The maximum absolute atomic E-state index is 9.31. The van der Waals surface area contributed by atoms with Gasteiger partial charge in [0.2, 0.25) is 0 Å². The van der Waals surface area contributed by atoms with Gasteiger partial charge in [0.15, 0.2) is 5.96 Å². The zero-order chi connectivity index (χ0) is 17.4. The lowest BCUT2D eigenvalue weighted by atomic mass is 10.2. The van der Waals surface area contributed by atoms with E-state index in [1.54, 1.807) is 12.1 Å². The summed E-state index contributed by atoms with van der Waals surface area (Å²) in [6.07, 6.45) is 0.978. The van der Waals surface area contributed by atoms with Crippen LogP contribution < -0.4 is 10.6 Å². The number of rotatable bonds is 7. The number of aromatic nitrogens is 2. The predicted octanol–water partition coefficient (Wildman–Crippen LogP) is 2.97. The number of aliphatic imine (C=N–C) groups is 1. The molecule has 0 aliphatic carbocycles. The lowest BCUT2D eigenvalue weighted by Gasteiger charge is -2.11. The van der Waals surface area contributed by atoms with E-state index in [4.69, 9.17) is 0 Å². The Kier molecular flexibility index (Phi) is 9.33. The maximum atomic E-state index is 9.31. The second-order valence-electron chi connectivity index (χ2n) is 5.79. The molecule has 1 aromatic carbocycles. The van der Waals surface area contributed by atoms with Crippen molar-refractivity contribution in [1.29, 1.82) is 0 Å². The molecule has 0 saturated heterocycles. The zero-order valence-corrected chi connectivity index (χ0v) is 17.4. The van der Waals surface area contributed by atoms with Gasteiger partial charge in [0.1, 0.15) is 5.75 Å². The van der Waals surface area contributed by atoms with Gasteiger partial charge in [-0.1, -0.05) is 12.1 Å². The fourth-order valence-corrected chi connectivity index (χ4v) is 2.45. The average Bonchev–Trinajstić information content (AvgIpc) is 2.88. The van der Waals surface area contributed by atoms with Crippen LogP contribution in [0.4, 0.5) is 0 Å². The first-order chi connectivity index (χ1) is 11.6. The molecular formula is C18H28IN5O. The van der Waals surface area contributed by atoms with Crippen LogP contribution in [0.15, 0.2) is 35.3 Å². The number of nitrogens with zero attached hydrogens (tertiary/aromatic N) is 3. The molecule has 0 bridgehead atoms. The van der Waals surface area contributed by atoms with Crippen molar-refractivity contribution in [3.63, 3.8) is 0 Å². The summed E-state index contributed by atoms with van der Waals surface area (Å²) >= 11 is 0. The molecule has 0 radical (unpaired) electrons. The highest BCUT2D eigenvalue weighted by Crippen LogP contribution is 2.10. The van der Waals surface area contributed by atoms with Gasteiger partial charge in [-0.15, -0.1) is 24.0 Å². The van der Waals surface area contributed by atoms with Gasteiger partial charge in [-0.3, -0.25) is 4.68 Å². The molecule has 0 fully saturated rings. The maximum Gasteiger partial charge on any atom is 0.191 e. The summed E-state index contributed by atoms with van der Waals surface area (Å²) in [7, 11) is 0. The lowest BCUT2D eigenvalue weighted by Crippen LogP contribution is -2.38. The summed E-state index contributed by atoms with van der Waals surface area (Å²) < 4.78 is 2.04. The third-order valence-corrected chi connectivity index (χ3v) is 3.64. The van der Waals surface area contributed by atoms with Crippen molar-refractivity contribution in [2.75, 3.05) is 13.1 Å². The monoisotopic (exact) mass is 457 g/mol. The van der Waals surface area contributed by atoms with Crippen LogP contribution in [0, 0.1) is 13.8 Å². The van der Waals surface area contributed by atoms with Gasteiger partial charge < -0.3 is 15.7 Å². The summed E-state index contributed by atoms with van der Waals surface area (Å²) in [6.45, 7) is 9.26. The zero-order valence-electron chi connectivity index (χ0n) is 15.1. The minimum absolute atomic E-state index is 0. The smallest absolute Gasteiger partial charge is 0.191 e. The minimum Gasteiger partial charge on any atom is -0.508 e. The summed E-state index contributed by atoms with van der Waals surface area (Å²) in [5.41, 5.74) is 3.32. The number of guanidine groups is 1. The minimum atomic E-state index is 0. The number of benzene rings is 1. The van der Waals surface area contributed by atoms with Gasteiger partial charge in [-0.25, -0.2) is 4.99 Å². The van der Waals surface area contributed by atoms with Crippen molar-refractivity contribution < 1.29 is 5.11 Å². The van der Waals surface area contributed by atoms with E-state index in [-0.39, 0.29) is 29.7 Å². The number of phenols is 1. The quantitative estimate of drug-likeness (QED) is 0.259. The predicted molar refractivity (Wildman–Crippen MR) is 113 cm³/mol. The van der Waals surface area contributed by atoms with Crippen molar-refractivity contribution in [3.8, 4) is 5.75 Å². The summed E-state index contributed by atoms with van der Waals surface area (Å²) in [5.74, 6) is 1.08. The SMILES string of the molecule is CCNC(=NCc1ccc(O)cc1)NCCCn1nc(C)cc1C.I. The number of hydrogen-bond donors (Lipinski definition) is 3. The Labute approximate surface area is 166 Å². The molecule has 3 N–H and O–H groups in total.